The molecular weight excluding hydrogens is 252 g/mol. The van der Waals surface area contributed by atoms with Crippen molar-refractivity contribution in [3.8, 4) is 0 Å². The second-order valence-electron chi connectivity index (χ2n) is 5.30. The maximum Gasteiger partial charge on any atom is 0.243 e. The molecule has 0 spiro atoms. The van der Waals surface area contributed by atoms with Gasteiger partial charge in [0.25, 0.3) is 0 Å². The van der Waals surface area contributed by atoms with Crippen LogP contribution >= 0.6 is 0 Å². The summed E-state index contributed by atoms with van der Waals surface area (Å²) >= 11 is 0. The average molecular weight is 270 g/mol. The van der Waals surface area contributed by atoms with Gasteiger partial charge in [-0.15, -0.1) is 0 Å². The lowest BCUT2D eigenvalue weighted by Crippen LogP contribution is -2.45. The van der Waals surface area contributed by atoms with E-state index in [1.165, 1.54) is 0 Å². The minimum atomic E-state index is -0.514. The fourth-order valence-electron chi connectivity index (χ4n) is 2.57. The molecule has 106 valence electrons. The Morgan fingerprint density at radius 2 is 1.95 bits per heavy atom. The van der Waals surface area contributed by atoms with Gasteiger partial charge in [-0.05, 0) is 12.8 Å². The Labute approximate surface area is 110 Å². The van der Waals surface area contributed by atoms with Crippen molar-refractivity contribution < 1.29 is 23.8 Å². The molecular formula is C12H18N2O5. The molecule has 0 bridgehead atoms. The molecule has 4 atom stereocenters. The number of hydrogen-bond acceptors (Lipinski definition) is 5. The molecule has 0 aromatic rings. The molecule has 0 unspecified atom stereocenters. The van der Waals surface area contributed by atoms with E-state index in [1.807, 2.05) is 0 Å². The average Bonchev–Trinajstić information content (AvgIpc) is 3.03. The van der Waals surface area contributed by atoms with Crippen LogP contribution in [0, 0.1) is 5.92 Å². The first-order valence-corrected chi connectivity index (χ1v) is 6.58. The second-order valence-corrected chi connectivity index (χ2v) is 5.30. The van der Waals surface area contributed by atoms with Gasteiger partial charge in [0.15, 0.2) is 0 Å². The van der Waals surface area contributed by atoms with E-state index >= 15 is 0 Å². The van der Waals surface area contributed by atoms with Crippen LogP contribution in [-0.2, 0) is 23.8 Å². The minimum absolute atomic E-state index is 0.0827. The van der Waals surface area contributed by atoms with E-state index in [0.717, 1.165) is 12.8 Å². The van der Waals surface area contributed by atoms with Crippen LogP contribution in [0.5, 0.6) is 0 Å². The Morgan fingerprint density at radius 3 is 2.63 bits per heavy atom. The number of ether oxygens (including phenoxy) is 3. The van der Waals surface area contributed by atoms with Gasteiger partial charge in [-0.3, -0.25) is 9.59 Å². The first-order valence-electron chi connectivity index (χ1n) is 6.58. The van der Waals surface area contributed by atoms with E-state index in [4.69, 9.17) is 19.9 Å². The Kier molecular flexibility index (Phi) is 3.42. The molecule has 3 N–H and O–H groups in total. The van der Waals surface area contributed by atoms with Crippen LogP contribution in [0.4, 0.5) is 0 Å². The van der Waals surface area contributed by atoms with Crippen LogP contribution in [0.1, 0.15) is 12.8 Å². The number of nitrogens with one attached hydrogen (secondary N) is 1. The van der Waals surface area contributed by atoms with Crippen LogP contribution in [-0.4, -0.2) is 56.0 Å². The maximum atomic E-state index is 11.7. The summed E-state index contributed by atoms with van der Waals surface area (Å²) in [7, 11) is 0. The Morgan fingerprint density at radius 1 is 1.21 bits per heavy atom. The lowest BCUT2D eigenvalue weighted by molar-refractivity contribution is -0.127. The van der Waals surface area contributed by atoms with Crippen molar-refractivity contribution in [2.24, 2.45) is 11.7 Å². The number of carbonyl (C=O) groups is 2. The van der Waals surface area contributed by atoms with Gasteiger partial charge in [-0.1, -0.05) is 0 Å². The standard InChI is InChI=1S/C12H18N2O5/c13-9(15)5-17-8-4-19-10-7(3-18-11(8)10)14-12(16)6-1-2-6/h6-8,10-11H,1-5H2,(H2,13,15)(H,14,16)/t7-,8+,10+,11+/m0/s1. The van der Waals surface area contributed by atoms with E-state index in [1.54, 1.807) is 0 Å². The van der Waals surface area contributed by atoms with Crippen LogP contribution in [0.2, 0.25) is 0 Å². The van der Waals surface area contributed by atoms with Crippen molar-refractivity contribution in [1.82, 2.24) is 5.32 Å². The third kappa shape index (κ3) is 2.72. The summed E-state index contributed by atoms with van der Waals surface area (Å²) in [5.41, 5.74) is 5.04. The SMILES string of the molecule is NC(=O)CO[C@@H]1CO[C@H]2[C@@H]1OC[C@@H]2NC(=O)C1CC1. The van der Waals surface area contributed by atoms with Gasteiger partial charge in [0.1, 0.15) is 24.9 Å². The lowest BCUT2D eigenvalue weighted by atomic mass is 10.1. The smallest absolute Gasteiger partial charge is 0.243 e. The number of rotatable bonds is 5. The Hall–Kier alpha value is -1.18. The summed E-state index contributed by atoms with van der Waals surface area (Å²) in [6.07, 6.45) is 1.22. The predicted octanol–water partition coefficient (Wildman–Crippen LogP) is -1.45. The molecule has 2 heterocycles. The molecule has 0 aromatic carbocycles. The number of fused-ring (bicyclic) bond motifs is 1. The third-order valence-electron chi connectivity index (χ3n) is 3.72. The number of hydrogen-bond donors (Lipinski definition) is 2. The molecule has 3 fully saturated rings. The highest BCUT2D eigenvalue weighted by Crippen LogP contribution is 2.32. The summed E-state index contributed by atoms with van der Waals surface area (Å²) < 4.78 is 16.6. The third-order valence-corrected chi connectivity index (χ3v) is 3.72. The van der Waals surface area contributed by atoms with Gasteiger partial charge in [0, 0.05) is 5.92 Å². The summed E-state index contributed by atoms with van der Waals surface area (Å²) in [6, 6.07) is -0.125. The zero-order valence-corrected chi connectivity index (χ0v) is 10.5. The minimum Gasteiger partial charge on any atom is -0.370 e. The van der Waals surface area contributed by atoms with Gasteiger partial charge in [0.2, 0.25) is 11.8 Å². The number of carbonyl (C=O) groups excluding carboxylic acids is 2. The molecule has 2 amide bonds. The predicted molar refractivity (Wildman–Crippen MR) is 63.1 cm³/mol. The molecule has 1 saturated carbocycles. The van der Waals surface area contributed by atoms with Gasteiger partial charge in [-0.2, -0.15) is 0 Å². The van der Waals surface area contributed by atoms with Crippen molar-refractivity contribution in [3.63, 3.8) is 0 Å². The molecule has 0 radical (unpaired) electrons. The topological polar surface area (TPSA) is 99.9 Å². The number of amides is 2. The zero-order chi connectivity index (χ0) is 13.4. The second kappa shape index (κ2) is 5.07. The fourth-order valence-corrected chi connectivity index (χ4v) is 2.57. The van der Waals surface area contributed by atoms with E-state index in [2.05, 4.69) is 5.32 Å². The lowest BCUT2D eigenvalue weighted by Gasteiger charge is -2.17. The van der Waals surface area contributed by atoms with Crippen molar-refractivity contribution >= 4 is 11.8 Å². The zero-order valence-electron chi connectivity index (χ0n) is 10.5. The molecule has 2 aliphatic heterocycles. The fraction of sp³-hybridized carbons (Fsp3) is 0.833. The van der Waals surface area contributed by atoms with Gasteiger partial charge in [-0.25, -0.2) is 0 Å². The maximum absolute atomic E-state index is 11.7. The van der Waals surface area contributed by atoms with Crippen molar-refractivity contribution in [1.29, 1.82) is 0 Å². The van der Waals surface area contributed by atoms with E-state index in [-0.39, 0.29) is 42.8 Å². The highest BCUT2D eigenvalue weighted by molar-refractivity contribution is 5.81. The van der Waals surface area contributed by atoms with Crippen LogP contribution < -0.4 is 11.1 Å². The first-order chi connectivity index (χ1) is 9.15. The summed E-state index contributed by atoms with van der Waals surface area (Å²) in [4.78, 5) is 22.4. The molecule has 19 heavy (non-hydrogen) atoms. The Bertz CT molecular complexity index is 384. The van der Waals surface area contributed by atoms with Gasteiger partial charge < -0.3 is 25.3 Å². The van der Waals surface area contributed by atoms with Crippen molar-refractivity contribution in [2.75, 3.05) is 19.8 Å². The molecule has 2 saturated heterocycles. The highest BCUT2D eigenvalue weighted by Gasteiger charge is 2.49. The van der Waals surface area contributed by atoms with Crippen molar-refractivity contribution in [3.05, 3.63) is 0 Å². The normalized spacial score (nSPS) is 37.1. The molecule has 7 heteroatoms. The highest BCUT2D eigenvalue weighted by atomic mass is 16.6. The summed E-state index contributed by atoms with van der Waals surface area (Å²) in [5, 5.41) is 2.96. The van der Waals surface area contributed by atoms with Gasteiger partial charge in [0.05, 0.1) is 19.3 Å². The monoisotopic (exact) mass is 270 g/mol. The summed E-state index contributed by atoms with van der Waals surface area (Å²) in [5.74, 6) is -0.262. The first kappa shape index (κ1) is 12.8. The van der Waals surface area contributed by atoms with Crippen LogP contribution in [0.15, 0.2) is 0 Å². The number of primary amides is 1. The van der Waals surface area contributed by atoms with Crippen LogP contribution in [0.25, 0.3) is 0 Å². The van der Waals surface area contributed by atoms with E-state index in [0.29, 0.717) is 13.2 Å². The molecule has 3 aliphatic rings. The quantitative estimate of drug-likeness (QED) is 0.636. The largest absolute Gasteiger partial charge is 0.370 e. The molecule has 3 rings (SSSR count). The number of nitrogens with two attached hydrogens (primary N) is 1. The van der Waals surface area contributed by atoms with Crippen LogP contribution in [0.3, 0.4) is 0 Å². The molecule has 7 nitrogen and oxygen atoms in total. The molecule has 1 aliphatic carbocycles. The Balaban J connectivity index is 1.52. The molecule has 0 aromatic heterocycles. The van der Waals surface area contributed by atoms with Gasteiger partial charge >= 0.3 is 0 Å². The summed E-state index contributed by atoms with van der Waals surface area (Å²) in [6.45, 7) is 0.641. The van der Waals surface area contributed by atoms with E-state index < -0.39 is 5.91 Å². The van der Waals surface area contributed by atoms with E-state index in [9.17, 15) is 9.59 Å². The van der Waals surface area contributed by atoms with Crippen molar-refractivity contribution in [2.45, 2.75) is 37.2 Å².